The van der Waals surface area contributed by atoms with E-state index in [-0.39, 0.29) is 5.91 Å². The molecule has 2 heterocycles. The van der Waals surface area contributed by atoms with Crippen molar-refractivity contribution in [1.82, 2.24) is 19.7 Å². The largest absolute Gasteiger partial charge is 0.467 e. The zero-order chi connectivity index (χ0) is 18.8. The van der Waals surface area contributed by atoms with E-state index in [1.807, 2.05) is 24.1 Å². The number of hydrogen-bond acceptors (Lipinski definition) is 5. The molecule has 0 radical (unpaired) electrons. The average Bonchev–Trinajstić information content (AvgIpc) is 3.24. The highest BCUT2D eigenvalue weighted by Gasteiger charge is 2.31. The van der Waals surface area contributed by atoms with Gasteiger partial charge in [-0.25, -0.2) is 0 Å². The second kappa shape index (κ2) is 8.09. The van der Waals surface area contributed by atoms with Crippen molar-refractivity contribution in [2.45, 2.75) is 69.1 Å². The van der Waals surface area contributed by atoms with E-state index in [9.17, 15) is 4.79 Å². The summed E-state index contributed by atoms with van der Waals surface area (Å²) in [5.41, 5.74) is 0. The summed E-state index contributed by atoms with van der Waals surface area (Å²) >= 11 is 1.49. The molecule has 0 unspecified atom stereocenters. The quantitative estimate of drug-likeness (QED) is 0.673. The summed E-state index contributed by atoms with van der Waals surface area (Å²) in [6, 6.07) is 4.25. The second-order valence-electron chi connectivity index (χ2n) is 7.99. The summed E-state index contributed by atoms with van der Waals surface area (Å²) in [6.07, 6.45) is 8.71. The van der Waals surface area contributed by atoms with Crippen LogP contribution in [0.3, 0.4) is 0 Å². The van der Waals surface area contributed by atoms with Crippen LogP contribution in [0.4, 0.5) is 0 Å². The van der Waals surface area contributed by atoms with Crippen molar-refractivity contribution in [3.05, 3.63) is 30.0 Å². The minimum atomic E-state index is 0.181. The van der Waals surface area contributed by atoms with Crippen molar-refractivity contribution in [2.24, 2.45) is 5.92 Å². The number of nitrogens with zero attached hydrogens (tertiary/aromatic N) is 4. The molecule has 6 nitrogen and oxygen atoms in total. The molecule has 2 saturated carbocycles. The molecule has 0 saturated heterocycles. The minimum absolute atomic E-state index is 0.181. The lowest BCUT2D eigenvalue weighted by atomic mass is 9.87. The van der Waals surface area contributed by atoms with Gasteiger partial charge in [-0.05, 0) is 56.6 Å². The molecule has 0 atom stereocenters. The fraction of sp³-hybridized carbons (Fsp3) is 0.650. The van der Waals surface area contributed by atoms with Crippen LogP contribution in [-0.4, -0.2) is 44.4 Å². The Hall–Kier alpha value is -1.76. The van der Waals surface area contributed by atoms with Gasteiger partial charge in [0.2, 0.25) is 5.91 Å². The molecule has 0 bridgehead atoms. The number of amides is 1. The first-order valence-corrected chi connectivity index (χ1v) is 10.9. The van der Waals surface area contributed by atoms with Crippen molar-refractivity contribution in [1.29, 1.82) is 0 Å². The average molecular weight is 389 g/mol. The zero-order valence-corrected chi connectivity index (χ0v) is 17.0. The van der Waals surface area contributed by atoms with Gasteiger partial charge in [0.05, 0.1) is 18.6 Å². The first-order chi connectivity index (χ1) is 13.1. The first-order valence-electron chi connectivity index (χ1n) is 9.95. The molecule has 0 N–H and O–H groups in total. The summed E-state index contributed by atoms with van der Waals surface area (Å²) in [7, 11) is 1.95. The maximum absolute atomic E-state index is 12.7. The summed E-state index contributed by atoms with van der Waals surface area (Å²) in [5.74, 6) is 3.79. The highest BCUT2D eigenvalue weighted by atomic mass is 32.2. The first kappa shape index (κ1) is 18.6. The molecule has 2 aromatic heterocycles. The molecular formula is C20H28N4O2S. The highest BCUT2D eigenvalue weighted by molar-refractivity contribution is 7.99. The summed E-state index contributed by atoms with van der Waals surface area (Å²) in [5, 5.41) is 9.59. The Morgan fingerprint density at radius 3 is 2.70 bits per heavy atom. The normalized spacial score (nSPS) is 22.7. The van der Waals surface area contributed by atoms with Gasteiger partial charge in [0, 0.05) is 19.0 Å². The SMILES string of the molecule is CC1CCC(N(C)C(=O)CSc2nnc(C3CC3)n2Cc2ccco2)CC1. The van der Waals surface area contributed by atoms with E-state index in [0.29, 0.717) is 24.3 Å². The predicted molar refractivity (Wildman–Crippen MR) is 105 cm³/mol. The Morgan fingerprint density at radius 1 is 1.26 bits per heavy atom. The molecule has 2 aliphatic rings. The maximum Gasteiger partial charge on any atom is 0.233 e. The third kappa shape index (κ3) is 4.39. The summed E-state index contributed by atoms with van der Waals surface area (Å²) < 4.78 is 7.63. The van der Waals surface area contributed by atoms with Gasteiger partial charge in [-0.15, -0.1) is 10.2 Å². The number of hydrogen-bond donors (Lipinski definition) is 0. The van der Waals surface area contributed by atoms with Gasteiger partial charge >= 0.3 is 0 Å². The van der Waals surface area contributed by atoms with Crippen LogP contribution in [0.5, 0.6) is 0 Å². The summed E-state index contributed by atoms with van der Waals surface area (Å²) in [6.45, 7) is 2.93. The van der Waals surface area contributed by atoms with E-state index in [2.05, 4.69) is 21.7 Å². The lowest BCUT2D eigenvalue weighted by Crippen LogP contribution is -2.40. The van der Waals surface area contributed by atoms with Gasteiger partial charge in [-0.1, -0.05) is 18.7 Å². The number of carbonyl (C=O) groups excluding carboxylic acids is 1. The molecule has 2 aliphatic carbocycles. The Labute approximate surface area is 164 Å². The van der Waals surface area contributed by atoms with Gasteiger partial charge < -0.3 is 9.32 Å². The number of aromatic nitrogens is 3. The van der Waals surface area contributed by atoms with Crippen LogP contribution in [-0.2, 0) is 11.3 Å². The lowest BCUT2D eigenvalue weighted by molar-refractivity contribution is -0.129. The van der Waals surface area contributed by atoms with Gasteiger partial charge in [0.15, 0.2) is 5.16 Å². The molecule has 4 rings (SSSR count). The van der Waals surface area contributed by atoms with E-state index in [4.69, 9.17) is 4.42 Å². The van der Waals surface area contributed by atoms with Crippen LogP contribution in [0.2, 0.25) is 0 Å². The number of thioether (sulfide) groups is 1. The summed E-state index contributed by atoms with van der Waals surface area (Å²) in [4.78, 5) is 14.7. The Kier molecular flexibility index (Phi) is 5.57. The van der Waals surface area contributed by atoms with E-state index >= 15 is 0 Å². The smallest absolute Gasteiger partial charge is 0.233 e. The third-order valence-electron chi connectivity index (χ3n) is 5.83. The number of carbonyl (C=O) groups is 1. The lowest BCUT2D eigenvalue weighted by Gasteiger charge is -2.33. The molecule has 2 fully saturated rings. The topological polar surface area (TPSA) is 64.2 Å². The molecule has 0 spiro atoms. The van der Waals surface area contributed by atoms with Gasteiger partial charge in [0.25, 0.3) is 0 Å². The van der Waals surface area contributed by atoms with Gasteiger partial charge in [-0.3, -0.25) is 9.36 Å². The number of furan rings is 1. The monoisotopic (exact) mass is 388 g/mol. The van der Waals surface area contributed by atoms with E-state index in [0.717, 1.165) is 35.5 Å². The fourth-order valence-corrected chi connectivity index (χ4v) is 4.69. The third-order valence-corrected chi connectivity index (χ3v) is 6.78. The minimum Gasteiger partial charge on any atom is -0.467 e. The van der Waals surface area contributed by atoms with Crippen molar-refractivity contribution in [2.75, 3.05) is 12.8 Å². The molecule has 0 aromatic carbocycles. The van der Waals surface area contributed by atoms with E-state index in [1.54, 1.807) is 6.26 Å². The van der Waals surface area contributed by atoms with Crippen LogP contribution in [0.15, 0.2) is 28.0 Å². The van der Waals surface area contributed by atoms with Gasteiger partial charge in [-0.2, -0.15) is 0 Å². The van der Waals surface area contributed by atoms with E-state index in [1.165, 1.54) is 37.4 Å². The molecule has 0 aliphatic heterocycles. The Balaban J connectivity index is 1.39. The van der Waals surface area contributed by atoms with Crippen molar-refractivity contribution < 1.29 is 9.21 Å². The van der Waals surface area contributed by atoms with Gasteiger partial charge in [0.1, 0.15) is 11.6 Å². The van der Waals surface area contributed by atoms with Crippen LogP contribution in [0.25, 0.3) is 0 Å². The molecule has 2 aromatic rings. The molecule has 146 valence electrons. The van der Waals surface area contributed by atoms with Crippen molar-refractivity contribution >= 4 is 17.7 Å². The van der Waals surface area contributed by atoms with Crippen LogP contribution in [0, 0.1) is 5.92 Å². The maximum atomic E-state index is 12.7. The standard InChI is InChI=1S/C20H28N4O2S/c1-14-5-9-16(10-6-14)23(2)18(25)13-27-20-22-21-19(15-7-8-15)24(20)12-17-4-3-11-26-17/h3-4,11,14-16H,5-10,12-13H2,1-2H3. The molecule has 1 amide bonds. The Morgan fingerprint density at radius 2 is 2.04 bits per heavy atom. The fourth-order valence-electron chi connectivity index (χ4n) is 3.82. The molecule has 7 heteroatoms. The van der Waals surface area contributed by atoms with Crippen molar-refractivity contribution in [3.8, 4) is 0 Å². The Bertz CT molecular complexity index is 761. The molecular weight excluding hydrogens is 360 g/mol. The van der Waals surface area contributed by atoms with Crippen molar-refractivity contribution in [3.63, 3.8) is 0 Å². The zero-order valence-electron chi connectivity index (χ0n) is 16.1. The second-order valence-corrected chi connectivity index (χ2v) is 8.93. The van der Waals surface area contributed by atoms with Crippen LogP contribution in [0.1, 0.15) is 63.0 Å². The van der Waals surface area contributed by atoms with E-state index < -0.39 is 0 Å². The highest BCUT2D eigenvalue weighted by Crippen LogP contribution is 2.40. The number of rotatable bonds is 7. The van der Waals surface area contributed by atoms with Crippen LogP contribution < -0.4 is 0 Å². The molecule has 27 heavy (non-hydrogen) atoms. The van der Waals surface area contributed by atoms with Crippen LogP contribution >= 0.6 is 11.8 Å². The predicted octanol–water partition coefficient (Wildman–Crippen LogP) is 3.93.